The maximum Gasteiger partial charge on any atom is 0.340 e. The highest BCUT2D eigenvalue weighted by Crippen LogP contribution is 2.31. The molecule has 5 heteroatoms. The molecule has 5 nitrogen and oxygen atoms in total. The molecule has 0 amide bonds. The summed E-state index contributed by atoms with van der Waals surface area (Å²) in [6.07, 6.45) is -0.597. The number of likely N-dealkylation sites (N-methyl/N-ethyl adjacent to an activating group) is 1. The van der Waals surface area contributed by atoms with Gasteiger partial charge < -0.3 is 9.84 Å². The van der Waals surface area contributed by atoms with Crippen LogP contribution in [0.1, 0.15) is 22.1 Å². The number of carboxylic acid groups (broad SMARTS) is 1. The summed E-state index contributed by atoms with van der Waals surface area (Å²) in [5.41, 5.74) is 1.22. The molecule has 2 rings (SSSR count). The molecule has 1 aromatic rings. The maximum absolute atomic E-state index is 11.5. The van der Waals surface area contributed by atoms with E-state index in [1.54, 1.807) is 31.3 Å². The second kappa shape index (κ2) is 3.94. The largest absolute Gasteiger partial charge is 0.480 e. The summed E-state index contributed by atoms with van der Waals surface area (Å²) in [6, 6.07) is 6.98. The third-order valence-electron chi connectivity index (χ3n) is 2.45. The molecule has 0 bridgehead atoms. The Bertz CT molecular complexity index is 443. The van der Waals surface area contributed by atoms with Gasteiger partial charge in [0.2, 0.25) is 0 Å². The van der Waals surface area contributed by atoms with E-state index in [0.29, 0.717) is 5.56 Å². The summed E-state index contributed by atoms with van der Waals surface area (Å²) in [5.74, 6) is -1.36. The van der Waals surface area contributed by atoms with Gasteiger partial charge in [-0.2, -0.15) is 0 Å². The van der Waals surface area contributed by atoms with Crippen molar-refractivity contribution in [3.8, 4) is 0 Å². The molecule has 0 spiro atoms. The number of carbonyl (C=O) groups is 2. The van der Waals surface area contributed by atoms with E-state index in [9.17, 15) is 9.59 Å². The van der Waals surface area contributed by atoms with Crippen molar-refractivity contribution in [2.75, 3.05) is 13.6 Å². The van der Waals surface area contributed by atoms with Gasteiger partial charge in [0.15, 0.2) is 6.23 Å². The van der Waals surface area contributed by atoms with Crippen LogP contribution >= 0.6 is 0 Å². The molecular formula is C11H11NO4. The topological polar surface area (TPSA) is 66.8 Å². The van der Waals surface area contributed by atoms with Crippen LogP contribution in [0, 0.1) is 0 Å². The predicted octanol–water partition coefficient (Wildman–Crippen LogP) is 0.872. The average Bonchev–Trinajstić information content (AvgIpc) is 2.56. The van der Waals surface area contributed by atoms with Crippen LogP contribution in [0.15, 0.2) is 24.3 Å². The summed E-state index contributed by atoms with van der Waals surface area (Å²) in [7, 11) is 1.61. The lowest BCUT2D eigenvalue weighted by Gasteiger charge is -2.21. The highest BCUT2D eigenvalue weighted by Gasteiger charge is 2.33. The fourth-order valence-corrected chi connectivity index (χ4v) is 1.75. The normalized spacial score (nSPS) is 18.4. The lowest BCUT2D eigenvalue weighted by Crippen LogP contribution is -2.30. The van der Waals surface area contributed by atoms with Gasteiger partial charge in [0, 0.05) is 5.56 Å². The number of esters is 1. The Morgan fingerprint density at radius 3 is 2.88 bits per heavy atom. The van der Waals surface area contributed by atoms with Gasteiger partial charge in [-0.05, 0) is 13.1 Å². The van der Waals surface area contributed by atoms with Gasteiger partial charge in [-0.1, -0.05) is 18.2 Å². The number of ether oxygens (including phenoxy) is 1. The van der Waals surface area contributed by atoms with Crippen molar-refractivity contribution in [1.29, 1.82) is 0 Å². The number of hydrogen-bond acceptors (Lipinski definition) is 4. The first-order valence-corrected chi connectivity index (χ1v) is 4.81. The van der Waals surface area contributed by atoms with Gasteiger partial charge in [-0.15, -0.1) is 0 Å². The molecule has 1 unspecified atom stereocenters. The van der Waals surface area contributed by atoms with Crippen molar-refractivity contribution in [2.45, 2.75) is 6.23 Å². The molecule has 0 aromatic heterocycles. The molecule has 0 radical (unpaired) electrons. The Balaban J connectivity index is 2.26. The van der Waals surface area contributed by atoms with Gasteiger partial charge in [0.05, 0.1) is 12.1 Å². The van der Waals surface area contributed by atoms with Gasteiger partial charge in [0.25, 0.3) is 0 Å². The zero-order chi connectivity index (χ0) is 11.7. The van der Waals surface area contributed by atoms with Crippen molar-refractivity contribution in [3.63, 3.8) is 0 Å². The van der Waals surface area contributed by atoms with E-state index in [1.165, 1.54) is 4.90 Å². The molecule has 0 fully saturated rings. The predicted molar refractivity (Wildman–Crippen MR) is 54.9 cm³/mol. The van der Waals surface area contributed by atoms with Crippen LogP contribution in [-0.4, -0.2) is 35.5 Å². The standard InChI is InChI=1S/C11H11NO4/c1-12(6-9(13)14)10-7-4-2-3-5-8(7)11(15)16-10/h2-5,10H,6H2,1H3,(H,13,14). The van der Waals surface area contributed by atoms with E-state index in [-0.39, 0.29) is 6.54 Å². The van der Waals surface area contributed by atoms with E-state index in [4.69, 9.17) is 9.84 Å². The fraction of sp³-hybridized carbons (Fsp3) is 0.273. The smallest absolute Gasteiger partial charge is 0.340 e. The number of nitrogens with zero attached hydrogens (tertiary/aromatic N) is 1. The first-order chi connectivity index (χ1) is 7.59. The Morgan fingerprint density at radius 2 is 2.19 bits per heavy atom. The Hall–Kier alpha value is -1.88. The quantitative estimate of drug-likeness (QED) is 0.767. The van der Waals surface area contributed by atoms with E-state index in [2.05, 4.69) is 0 Å². The summed E-state index contributed by atoms with van der Waals surface area (Å²) in [4.78, 5) is 23.5. The molecule has 1 aromatic carbocycles. The fourth-order valence-electron chi connectivity index (χ4n) is 1.75. The van der Waals surface area contributed by atoms with Crippen molar-refractivity contribution in [3.05, 3.63) is 35.4 Å². The van der Waals surface area contributed by atoms with Crippen molar-refractivity contribution in [2.24, 2.45) is 0 Å². The number of benzene rings is 1. The Morgan fingerprint density at radius 1 is 1.50 bits per heavy atom. The minimum Gasteiger partial charge on any atom is -0.480 e. The van der Waals surface area contributed by atoms with Crippen LogP contribution in [0.2, 0.25) is 0 Å². The highest BCUT2D eigenvalue weighted by atomic mass is 16.6. The molecule has 1 atom stereocenters. The first-order valence-electron chi connectivity index (χ1n) is 4.81. The zero-order valence-electron chi connectivity index (χ0n) is 8.71. The minimum atomic E-state index is -0.956. The molecule has 0 saturated carbocycles. The summed E-state index contributed by atoms with van der Waals surface area (Å²) in [6.45, 7) is -0.174. The van der Waals surface area contributed by atoms with Crippen molar-refractivity contribution in [1.82, 2.24) is 4.90 Å². The third-order valence-corrected chi connectivity index (χ3v) is 2.45. The zero-order valence-corrected chi connectivity index (χ0v) is 8.71. The first kappa shape index (κ1) is 10.6. The molecule has 0 aliphatic carbocycles. The second-order valence-electron chi connectivity index (χ2n) is 3.65. The average molecular weight is 221 g/mol. The number of fused-ring (bicyclic) bond motifs is 1. The lowest BCUT2D eigenvalue weighted by molar-refractivity contribution is -0.140. The van der Waals surface area contributed by atoms with Crippen LogP contribution in [0.4, 0.5) is 0 Å². The van der Waals surface area contributed by atoms with Crippen LogP contribution < -0.4 is 0 Å². The number of rotatable bonds is 3. The van der Waals surface area contributed by atoms with Crippen LogP contribution in [0.3, 0.4) is 0 Å². The summed E-state index contributed by atoms with van der Waals surface area (Å²) >= 11 is 0. The monoisotopic (exact) mass is 221 g/mol. The summed E-state index contributed by atoms with van der Waals surface area (Å²) in [5, 5.41) is 8.68. The molecule has 1 aliphatic heterocycles. The molecule has 1 heterocycles. The number of carboxylic acids is 1. The molecule has 1 aliphatic rings. The molecule has 1 N–H and O–H groups in total. The minimum absolute atomic E-state index is 0.174. The summed E-state index contributed by atoms with van der Waals surface area (Å²) < 4.78 is 5.12. The highest BCUT2D eigenvalue weighted by molar-refractivity contribution is 5.93. The maximum atomic E-state index is 11.5. The second-order valence-corrected chi connectivity index (χ2v) is 3.65. The Kier molecular flexibility index (Phi) is 2.62. The van der Waals surface area contributed by atoms with Crippen molar-refractivity contribution >= 4 is 11.9 Å². The number of hydrogen-bond donors (Lipinski definition) is 1. The lowest BCUT2D eigenvalue weighted by atomic mass is 10.1. The molecule has 16 heavy (non-hydrogen) atoms. The molecular weight excluding hydrogens is 210 g/mol. The van der Waals surface area contributed by atoms with Crippen LogP contribution in [-0.2, 0) is 9.53 Å². The van der Waals surface area contributed by atoms with Gasteiger partial charge >= 0.3 is 11.9 Å². The van der Waals surface area contributed by atoms with E-state index >= 15 is 0 Å². The number of cyclic esters (lactones) is 1. The SMILES string of the molecule is CN(CC(=O)O)C1OC(=O)c2ccccc21. The number of carbonyl (C=O) groups excluding carboxylic acids is 1. The van der Waals surface area contributed by atoms with E-state index in [0.717, 1.165) is 5.56 Å². The van der Waals surface area contributed by atoms with Gasteiger partial charge in [-0.3, -0.25) is 9.69 Å². The van der Waals surface area contributed by atoms with Crippen LogP contribution in [0.25, 0.3) is 0 Å². The van der Waals surface area contributed by atoms with E-state index < -0.39 is 18.2 Å². The van der Waals surface area contributed by atoms with Crippen LogP contribution in [0.5, 0.6) is 0 Å². The molecule has 84 valence electrons. The van der Waals surface area contributed by atoms with Gasteiger partial charge in [-0.25, -0.2) is 4.79 Å². The van der Waals surface area contributed by atoms with Crippen molar-refractivity contribution < 1.29 is 19.4 Å². The third kappa shape index (κ3) is 1.77. The van der Waals surface area contributed by atoms with Gasteiger partial charge in [0.1, 0.15) is 0 Å². The molecule has 0 saturated heterocycles. The Labute approximate surface area is 92.2 Å². The van der Waals surface area contributed by atoms with E-state index in [1.807, 2.05) is 0 Å². The number of aliphatic carboxylic acids is 1.